The maximum Gasteiger partial charge on any atom is 0.255 e. The fourth-order valence-corrected chi connectivity index (χ4v) is 6.62. The number of rotatable bonds is 4. The lowest BCUT2D eigenvalue weighted by molar-refractivity contribution is -0.169. The number of amides is 1. The molecule has 1 saturated carbocycles. The van der Waals surface area contributed by atoms with Gasteiger partial charge >= 0.3 is 0 Å². The summed E-state index contributed by atoms with van der Waals surface area (Å²) in [5, 5.41) is 57.2. The summed E-state index contributed by atoms with van der Waals surface area (Å²) in [6.45, 7) is 1.68. The van der Waals surface area contributed by atoms with Crippen LogP contribution in [0.5, 0.6) is 11.5 Å². The number of ketones is 2. The number of ether oxygens (including phenoxy) is 1. The number of likely N-dealkylation sites (N-methyl/N-ethyl adjacent to an activating group) is 1. The highest BCUT2D eigenvalue weighted by Crippen LogP contribution is 2.56. The number of hydrogen-bond acceptors (Lipinski definition) is 10. The van der Waals surface area contributed by atoms with Crippen molar-refractivity contribution in [2.45, 2.75) is 30.6 Å². The van der Waals surface area contributed by atoms with Crippen molar-refractivity contribution >= 4 is 23.2 Å². The standard InChI is InChI=1S/C29H30N2O9/c1-11-14-9-10-15(12-5-7-13(40-4)8-6-12)22(32)17(14)23(33)18-16(11)24(34)20-21(31(2)3)25(35)19(28(30)38)27(37)29(20,39)26(18)36/h5-11,16,20-21,24,32-34,37,39H,1-4H3,(H2,30,38)/t11-,16+,20-,21-,24-,29-/m1/s1. The van der Waals surface area contributed by atoms with Gasteiger partial charge in [0, 0.05) is 17.1 Å². The number of phenolic OH excluding ortho intramolecular Hbond substituents is 1. The Morgan fingerprint density at radius 3 is 2.23 bits per heavy atom. The Kier molecular flexibility index (Phi) is 6.29. The zero-order valence-electron chi connectivity index (χ0n) is 22.2. The van der Waals surface area contributed by atoms with Gasteiger partial charge in [0.15, 0.2) is 11.4 Å². The van der Waals surface area contributed by atoms with Crippen LogP contribution in [0.25, 0.3) is 16.9 Å². The van der Waals surface area contributed by atoms with Gasteiger partial charge in [-0.1, -0.05) is 31.2 Å². The lowest BCUT2D eigenvalue weighted by Gasteiger charge is -2.53. The van der Waals surface area contributed by atoms with Crippen molar-refractivity contribution in [3.8, 4) is 22.6 Å². The predicted octanol–water partition coefficient (Wildman–Crippen LogP) is 1.17. The Labute approximate surface area is 229 Å². The zero-order chi connectivity index (χ0) is 29.4. The molecular formula is C29H30N2O9. The number of nitrogens with zero attached hydrogens (tertiary/aromatic N) is 1. The van der Waals surface area contributed by atoms with Crippen molar-refractivity contribution in [3.63, 3.8) is 0 Å². The van der Waals surface area contributed by atoms with Crippen LogP contribution in [-0.4, -0.2) is 86.9 Å². The van der Waals surface area contributed by atoms with E-state index in [1.54, 1.807) is 43.3 Å². The third-order valence-electron chi connectivity index (χ3n) is 8.53. The molecule has 2 aromatic rings. The number of fused-ring (bicyclic) bond motifs is 3. The second-order valence-electron chi connectivity index (χ2n) is 10.7. The van der Waals surface area contributed by atoms with E-state index in [9.17, 15) is 39.9 Å². The van der Waals surface area contributed by atoms with E-state index in [1.807, 2.05) is 0 Å². The van der Waals surface area contributed by atoms with E-state index in [-0.39, 0.29) is 11.3 Å². The first-order valence-electron chi connectivity index (χ1n) is 12.6. The number of Topliss-reactive ketones (excluding diaryl/α,β-unsaturated/α-hetero) is 2. The van der Waals surface area contributed by atoms with Crippen molar-refractivity contribution in [1.82, 2.24) is 4.90 Å². The minimum absolute atomic E-state index is 0.0655. The Morgan fingerprint density at radius 1 is 1.05 bits per heavy atom. The van der Waals surface area contributed by atoms with E-state index >= 15 is 0 Å². The van der Waals surface area contributed by atoms with Gasteiger partial charge < -0.3 is 36.0 Å². The quantitative estimate of drug-likeness (QED) is 0.301. The van der Waals surface area contributed by atoms with Gasteiger partial charge in [0.25, 0.3) is 5.91 Å². The molecule has 0 unspecified atom stereocenters. The van der Waals surface area contributed by atoms with Gasteiger partial charge in [-0.3, -0.25) is 19.3 Å². The SMILES string of the molecule is COc1ccc(-c2ccc3c(c2O)C(O)=C2C(=O)[C@@]4(O)C(O)=C(C(N)=O)C(=O)[C@H](N(C)C)[C@@H]4[C@H](O)[C@H]2[C@@H]3C)cc1. The number of benzene rings is 2. The molecule has 1 fully saturated rings. The van der Waals surface area contributed by atoms with Gasteiger partial charge in [-0.2, -0.15) is 0 Å². The molecule has 5 rings (SSSR count). The van der Waals surface area contributed by atoms with E-state index in [2.05, 4.69) is 0 Å². The number of carbonyl (C=O) groups excluding carboxylic acids is 3. The molecule has 3 aliphatic carbocycles. The molecule has 0 aliphatic heterocycles. The monoisotopic (exact) mass is 550 g/mol. The molecule has 0 bridgehead atoms. The van der Waals surface area contributed by atoms with E-state index in [0.717, 1.165) is 0 Å². The topological polar surface area (TPSA) is 191 Å². The van der Waals surface area contributed by atoms with Crippen LogP contribution in [0.3, 0.4) is 0 Å². The summed E-state index contributed by atoms with van der Waals surface area (Å²) >= 11 is 0. The number of aliphatic hydroxyl groups is 4. The van der Waals surface area contributed by atoms with Gasteiger partial charge in [0.05, 0.1) is 30.7 Å². The summed E-state index contributed by atoms with van der Waals surface area (Å²) in [6, 6.07) is 8.72. The lowest BCUT2D eigenvalue weighted by atomic mass is 9.54. The van der Waals surface area contributed by atoms with E-state index in [4.69, 9.17) is 10.5 Å². The number of phenols is 1. The van der Waals surface area contributed by atoms with Crippen molar-refractivity contribution < 1.29 is 44.7 Å². The van der Waals surface area contributed by atoms with E-state index in [1.165, 1.54) is 26.1 Å². The first kappa shape index (κ1) is 27.4. The minimum atomic E-state index is -2.95. The molecule has 11 nitrogen and oxygen atoms in total. The Balaban J connectivity index is 1.76. The van der Waals surface area contributed by atoms with Crippen LogP contribution in [0.15, 0.2) is 53.3 Å². The average Bonchev–Trinajstić information content (AvgIpc) is 2.90. The number of nitrogens with two attached hydrogens (primary N) is 1. The van der Waals surface area contributed by atoms with Crippen LogP contribution in [0, 0.1) is 11.8 Å². The van der Waals surface area contributed by atoms with Crippen LogP contribution >= 0.6 is 0 Å². The van der Waals surface area contributed by atoms with E-state index in [0.29, 0.717) is 22.4 Å². The van der Waals surface area contributed by atoms with Crippen LogP contribution in [0.4, 0.5) is 0 Å². The highest BCUT2D eigenvalue weighted by atomic mass is 16.5. The maximum absolute atomic E-state index is 14.1. The molecule has 0 heterocycles. The number of carbonyl (C=O) groups is 3. The third-order valence-corrected chi connectivity index (χ3v) is 8.53. The van der Waals surface area contributed by atoms with Crippen LogP contribution in [0.2, 0.25) is 0 Å². The summed E-state index contributed by atoms with van der Waals surface area (Å²) in [5.41, 5.74) is 2.30. The van der Waals surface area contributed by atoms with Gasteiger partial charge in [0.2, 0.25) is 5.78 Å². The molecule has 40 heavy (non-hydrogen) atoms. The summed E-state index contributed by atoms with van der Waals surface area (Å²) in [7, 11) is 4.44. The number of aromatic hydroxyl groups is 1. The fraction of sp³-hybridized carbons (Fsp3) is 0.345. The largest absolute Gasteiger partial charge is 0.508 e. The predicted molar refractivity (Wildman–Crippen MR) is 142 cm³/mol. The average molecular weight is 551 g/mol. The highest BCUT2D eigenvalue weighted by molar-refractivity contribution is 6.24. The Bertz CT molecular complexity index is 1520. The van der Waals surface area contributed by atoms with Crippen molar-refractivity contribution in [1.29, 1.82) is 0 Å². The van der Waals surface area contributed by atoms with Crippen LogP contribution < -0.4 is 10.5 Å². The summed E-state index contributed by atoms with van der Waals surface area (Å²) in [4.78, 5) is 40.8. The second kappa shape index (κ2) is 9.19. The zero-order valence-corrected chi connectivity index (χ0v) is 22.2. The molecule has 0 saturated heterocycles. The van der Waals surface area contributed by atoms with Crippen molar-refractivity contribution in [3.05, 3.63) is 64.4 Å². The maximum atomic E-state index is 14.1. The molecule has 1 amide bonds. The summed E-state index contributed by atoms with van der Waals surface area (Å²) < 4.78 is 5.18. The van der Waals surface area contributed by atoms with Crippen molar-refractivity contribution in [2.24, 2.45) is 17.6 Å². The first-order valence-corrected chi connectivity index (χ1v) is 12.6. The van der Waals surface area contributed by atoms with Crippen LogP contribution in [-0.2, 0) is 14.4 Å². The number of hydrogen-bond donors (Lipinski definition) is 6. The smallest absolute Gasteiger partial charge is 0.255 e. The Morgan fingerprint density at radius 2 is 1.68 bits per heavy atom. The highest BCUT2D eigenvalue weighted by Gasteiger charge is 2.68. The lowest BCUT2D eigenvalue weighted by Crippen LogP contribution is -2.70. The van der Waals surface area contributed by atoms with Crippen LogP contribution in [0.1, 0.15) is 24.0 Å². The van der Waals surface area contributed by atoms with Gasteiger partial charge in [-0.25, -0.2) is 0 Å². The van der Waals surface area contributed by atoms with Crippen molar-refractivity contribution in [2.75, 3.05) is 21.2 Å². The third kappa shape index (κ3) is 3.44. The van der Waals surface area contributed by atoms with Gasteiger partial charge in [-0.15, -0.1) is 0 Å². The number of aliphatic hydroxyl groups excluding tert-OH is 3. The minimum Gasteiger partial charge on any atom is -0.508 e. The fourth-order valence-electron chi connectivity index (χ4n) is 6.62. The molecule has 0 aromatic heterocycles. The summed E-state index contributed by atoms with van der Waals surface area (Å²) in [6.07, 6.45) is -1.64. The molecule has 0 radical (unpaired) electrons. The molecule has 11 heteroatoms. The van der Waals surface area contributed by atoms with Gasteiger partial charge in [0.1, 0.15) is 28.6 Å². The molecule has 3 aliphatic rings. The molecule has 210 valence electrons. The molecule has 2 aromatic carbocycles. The molecule has 6 atom stereocenters. The van der Waals surface area contributed by atoms with E-state index < -0.39 is 75.6 Å². The number of primary amides is 1. The number of methoxy groups -OCH3 is 1. The summed E-state index contributed by atoms with van der Waals surface area (Å²) in [5.74, 6) is -8.59. The van der Waals surface area contributed by atoms with Gasteiger partial charge in [-0.05, 0) is 43.3 Å². The normalized spacial score (nSPS) is 29.7. The first-order chi connectivity index (χ1) is 18.8. The molecule has 7 N–H and O–H groups in total. The Hall–Kier alpha value is -4.19. The molecular weight excluding hydrogens is 520 g/mol. The second-order valence-corrected chi connectivity index (χ2v) is 10.7. The molecule has 0 spiro atoms.